The molecule has 3 N–H and O–H groups in total. The Morgan fingerprint density at radius 3 is 2.50 bits per heavy atom. The highest BCUT2D eigenvalue weighted by atomic mass is 35.5. The van der Waals surface area contributed by atoms with E-state index in [1.54, 1.807) is 0 Å². The van der Waals surface area contributed by atoms with Gasteiger partial charge in [0.25, 0.3) is 0 Å². The van der Waals surface area contributed by atoms with Crippen molar-refractivity contribution >= 4 is 33.3 Å². The van der Waals surface area contributed by atoms with Crippen LogP contribution in [-0.4, -0.2) is 44.2 Å². The minimum Gasteiger partial charge on any atom is -0.368 e. The van der Waals surface area contributed by atoms with E-state index in [9.17, 15) is 26.4 Å². The van der Waals surface area contributed by atoms with E-state index in [4.69, 9.17) is 11.6 Å². The Morgan fingerprint density at radius 2 is 1.93 bits per heavy atom. The lowest BCUT2D eigenvalue weighted by Crippen LogP contribution is -2.53. The number of carbonyl (C=O) groups is 1. The molecule has 158 valence electrons. The highest BCUT2D eigenvalue weighted by Gasteiger charge is 2.31. The minimum absolute atomic E-state index is 0.0289. The molecule has 1 aromatic heterocycles. The molecule has 0 bridgehead atoms. The molecule has 0 aliphatic heterocycles. The Hall–Kier alpha value is -1.59. The lowest BCUT2D eigenvalue weighted by atomic mass is 9.91. The van der Waals surface area contributed by atoms with E-state index < -0.39 is 21.8 Å². The van der Waals surface area contributed by atoms with Gasteiger partial charge in [0.05, 0.1) is 16.8 Å². The number of anilines is 1. The van der Waals surface area contributed by atoms with Gasteiger partial charge in [-0.3, -0.25) is 4.79 Å². The van der Waals surface area contributed by atoms with Crippen LogP contribution >= 0.6 is 11.6 Å². The number of hydrogen-bond donors (Lipinski definition) is 3. The summed E-state index contributed by atoms with van der Waals surface area (Å²) in [7, 11) is -3.38. The minimum atomic E-state index is -4.54. The van der Waals surface area contributed by atoms with E-state index in [0.717, 1.165) is 25.2 Å². The maximum Gasteiger partial charge on any atom is 0.417 e. The number of pyridine rings is 1. The summed E-state index contributed by atoms with van der Waals surface area (Å²) in [5, 5.41) is 5.35. The number of nitrogens with one attached hydrogen (secondary N) is 3. The Morgan fingerprint density at radius 1 is 1.29 bits per heavy atom. The number of alkyl halides is 3. The average molecular weight is 443 g/mol. The normalized spacial score (nSPS) is 20.6. The van der Waals surface area contributed by atoms with E-state index in [0.29, 0.717) is 19.0 Å². The Balaban J connectivity index is 1.85. The number of hydrogen-bond acceptors (Lipinski definition) is 5. The molecule has 2 rings (SSSR count). The van der Waals surface area contributed by atoms with Gasteiger partial charge < -0.3 is 10.6 Å². The maximum absolute atomic E-state index is 12.6. The molecule has 1 fully saturated rings. The van der Waals surface area contributed by atoms with Crippen molar-refractivity contribution < 1.29 is 26.4 Å². The number of carbonyl (C=O) groups excluding carboxylic acids is 1. The molecular weight excluding hydrogens is 421 g/mol. The summed E-state index contributed by atoms with van der Waals surface area (Å²) in [4.78, 5) is 15.8. The zero-order valence-corrected chi connectivity index (χ0v) is 16.7. The molecule has 0 aromatic carbocycles. The van der Waals surface area contributed by atoms with Crippen LogP contribution in [0.1, 0.15) is 37.7 Å². The van der Waals surface area contributed by atoms with Crippen molar-refractivity contribution in [3.05, 3.63) is 22.8 Å². The van der Waals surface area contributed by atoms with Gasteiger partial charge >= 0.3 is 6.18 Å². The SMILES string of the molecule is CS(=O)(=O)N[C@H]1CCCC[C@@H]1NC(=O)CCNc1ncc(C(F)(F)F)cc1Cl. The molecule has 0 unspecified atom stereocenters. The fourth-order valence-electron chi connectivity index (χ4n) is 3.02. The lowest BCUT2D eigenvalue weighted by Gasteiger charge is -2.32. The summed E-state index contributed by atoms with van der Waals surface area (Å²) in [6.45, 7) is 0.112. The van der Waals surface area contributed by atoms with Crippen LogP contribution in [0.25, 0.3) is 0 Å². The Bertz CT molecular complexity index is 805. The van der Waals surface area contributed by atoms with Crippen molar-refractivity contribution in [2.75, 3.05) is 18.1 Å². The number of amides is 1. The number of halogens is 4. The van der Waals surface area contributed by atoms with Crippen molar-refractivity contribution in [1.82, 2.24) is 15.0 Å². The molecule has 12 heteroatoms. The summed E-state index contributed by atoms with van der Waals surface area (Å²) in [6.07, 6.45) is 0.297. The molecule has 0 radical (unpaired) electrons. The largest absolute Gasteiger partial charge is 0.417 e. The van der Waals surface area contributed by atoms with E-state index in [1.165, 1.54) is 0 Å². The third-order valence-corrected chi connectivity index (χ3v) is 5.31. The second-order valence-corrected chi connectivity index (χ2v) is 8.87. The van der Waals surface area contributed by atoms with E-state index >= 15 is 0 Å². The topological polar surface area (TPSA) is 100 Å². The second kappa shape index (κ2) is 9.27. The molecule has 2 atom stereocenters. The summed E-state index contributed by atoms with van der Waals surface area (Å²) in [6, 6.07) is 0.107. The fraction of sp³-hybridized carbons (Fsp3) is 0.625. The van der Waals surface area contributed by atoms with Gasteiger partial charge in [-0.05, 0) is 18.9 Å². The highest BCUT2D eigenvalue weighted by Crippen LogP contribution is 2.32. The molecule has 0 spiro atoms. The quantitative estimate of drug-likeness (QED) is 0.602. The van der Waals surface area contributed by atoms with Crippen LogP contribution in [0, 0.1) is 0 Å². The van der Waals surface area contributed by atoms with Gasteiger partial charge in [-0.25, -0.2) is 18.1 Å². The van der Waals surface area contributed by atoms with Crippen molar-refractivity contribution in [3.8, 4) is 0 Å². The van der Waals surface area contributed by atoms with Gasteiger partial charge in [0, 0.05) is 31.2 Å². The zero-order valence-electron chi connectivity index (χ0n) is 15.1. The molecule has 7 nitrogen and oxygen atoms in total. The first-order valence-corrected chi connectivity index (χ1v) is 11.0. The first-order valence-electron chi connectivity index (χ1n) is 8.69. The number of sulfonamides is 1. The average Bonchev–Trinajstić information content (AvgIpc) is 2.56. The molecule has 1 aliphatic carbocycles. The summed E-state index contributed by atoms with van der Waals surface area (Å²) in [5.74, 6) is -0.250. The summed E-state index contributed by atoms with van der Waals surface area (Å²) >= 11 is 5.80. The predicted molar refractivity (Wildman–Crippen MR) is 99.5 cm³/mol. The third kappa shape index (κ3) is 7.10. The third-order valence-electron chi connectivity index (χ3n) is 4.29. The number of rotatable bonds is 7. The summed E-state index contributed by atoms with van der Waals surface area (Å²) in [5.41, 5.74) is -0.956. The molecule has 0 saturated heterocycles. The van der Waals surface area contributed by atoms with Crippen LogP contribution in [-0.2, 0) is 21.0 Å². The van der Waals surface area contributed by atoms with Crippen LogP contribution in [0.15, 0.2) is 12.3 Å². The van der Waals surface area contributed by atoms with Gasteiger partial charge in [0.15, 0.2) is 0 Å². The van der Waals surface area contributed by atoms with Crippen molar-refractivity contribution in [3.63, 3.8) is 0 Å². The van der Waals surface area contributed by atoms with Crippen molar-refractivity contribution in [2.24, 2.45) is 0 Å². The highest BCUT2D eigenvalue weighted by molar-refractivity contribution is 7.88. The number of aromatic nitrogens is 1. The van der Waals surface area contributed by atoms with Gasteiger partial charge in [-0.15, -0.1) is 0 Å². The van der Waals surface area contributed by atoms with E-state index in [-0.39, 0.29) is 41.8 Å². The molecule has 1 aliphatic rings. The van der Waals surface area contributed by atoms with Crippen LogP contribution in [0.4, 0.5) is 19.0 Å². The van der Waals surface area contributed by atoms with E-state index in [1.807, 2.05) is 0 Å². The standard InChI is InChI=1S/C16H22ClF3N4O3S/c1-28(26,27)24-13-5-3-2-4-12(13)23-14(25)6-7-21-15-11(17)8-10(9-22-15)16(18,19)20/h8-9,12-13,24H,2-7H2,1H3,(H,21,22)(H,23,25)/t12-,13-/m0/s1. The van der Waals surface area contributed by atoms with Gasteiger partial charge in [0.2, 0.25) is 15.9 Å². The smallest absolute Gasteiger partial charge is 0.368 e. The van der Waals surface area contributed by atoms with Gasteiger partial charge in [-0.1, -0.05) is 24.4 Å². The first-order chi connectivity index (χ1) is 13.0. The van der Waals surface area contributed by atoms with Crippen LogP contribution < -0.4 is 15.4 Å². The number of nitrogens with zero attached hydrogens (tertiary/aromatic N) is 1. The Kier molecular flexibility index (Phi) is 7.52. The molecule has 1 aromatic rings. The molecule has 1 amide bonds. The molecule has 1 heterocycles. The molecule has 28 heavy (non-hydrogen) atoms. The van der Waals surface area contributed by atoms with Crippen LogP contribution in [0.5, 0.6) is 0 Å². The lowest BCUT2D eigenvalue weighted by molar-refractivity contribution is -0.137. The van der Waals surface area contributed by atoms with Gasteiger partial charge in [-0.2, -0.15) is 13.2 Å². The Labute approximate surface area is 166 Å². The predicted octanol–water partition coefficient (Wildman–Crippen LogP) is 2.53. The van der Waals surface area contributed by atoms with Crippen molar-refractivity contribution in [1.29, 1.82) is 0 Å². The monoisotopic (exact) mass is 442 g/mol. The van der Waals surface area contributed by atoms with Crippen LogP contribution in [0.2, 0.25) is 5.02 Å². The van der Waals surface area contributed by atoms with Crippen LogP contribution in [0.3, 0.4) is 0 Å². The zero-order chi connectivity index (χ0) is 20.9. The van der Waals surface area contributed by atoms with Crippen molar-refractivity contribution in [2.45, 2.75) is 50.4 Å². The first kappa shape index (κ1) is 22.7. The molecule has 1 saturated carbocycles. The van der Waals surface area contributed by atoms with E-state index in [2.05, 4.69) is 20.3 Å². The summed E-state index contributed by atoms with van der Waals surface area (Å²) < 4.78 is 63.3. The molecular formula is C16H22ClF3N4O3S. The van der Waals surface area contributed by atoms with Gasteiger partial charge in [0.1, 0.15) is 5.82 Å². The fourth-order valence-corrected chi connectivity index (χ4v) is 4.08. The second-order valence-electron chi connectivity index (χ2n) is 6.68. The maximum atomic E-state index is 12.6.